The highest BCUT2D eigenvalue weighted by Gasteiger charge is 2.01. The third kappa shape index (κ3) is 5.71. The Morgan fingerprint density at radius 2 is 1.96 bits per heavy atom. The van der Waals surface area contributed by atoms with Crippen molar-refractivity contribution in [3.8, 4) is 0 Å². The van der Waals surface area contributed by atoms with Gasteiger partial charge in [-0.1, -0.05) is 28.1 Å². The van der Waals surface area contributed by atoms with Gasteiger partial charge in [0, 0.05) is 36.8 Å². The van der Waals surface area contributed by atoms with E-state index in [1.54, 1.807) is 7.05 Å². The normalized spacial score (nSPS) is 11.6. The molecule has 2 N–H and O–H groups in total. The molecule has 23 heavy (non-hydrogen) atoms. The first-order valence-electron chi connectivity index (χ1n) is 7.78. The lowest BCUT2D eigenvalue weighted by Crippen LogP contribution is -2.37. The number of nitrogens with one attached hydrogen (secondary N) is 2. The zero-order chi connectivity index (χ0) is 16.7. The molecule has 1 aromatic heterocycles. The van der Waals surface area contributed by atoms with Crippen molar-refractivity contribution in [1.29, 1.82) is 0 Å². The molecule has 0 saturated heterocycles. The summed E-state index contributed by atoms with van der Waals surface area (Å²) in [7, 11) is 1.79. The Morgan fingerprint density at radius 3 is 2.57 bits per heavy atom. The van der Waals surface area contributed by atoms with E-state index in [-0.39, 0.29) is 0 Å². The van der Waals surface area contributed by atoms with Crippen LogP contribution in [0.4, 0.5) is 0 Å². The van der Waals surface area contributed by atoms with Gasteiger partial charge in [-0.15, -0.1) is 0 Å². The summed E-state index contributed by atoms with van der Waals surface area (Å²) in [4.78, 5) is 4.25. The molecule has 0 spiro atoms. The molecule has 6 heteroatoms. The first-order valence-corrected chi connectivity index (χ1v) is 8.58. The Morgan fingerprint density at radius 1 is 1.22 bits per heavy atom. The zero-order valence-electron chi connectivity index (χ0n) is 13.9. The first-order chi connectivity index (χ1) is 11.1. The third-order valence-electron chi connectivity index (χ3n) is 3.54. The summed E-state index contributed by atoms with van der Waals surface area (Å²) < 4.78 is 3.14. The van der Waals surface area contributed by atoms with Crippen LogP contribution in [0.25, 0.3) is 0 Å². The lowest BCUT2D eigenvalue weighted by Gasteiger charge is -2.12. The summed E-state index contributed by atoms with van der Waals surface area (Å²) in [6.07, 6.45) is 1.00. The van der Waals surface area contributed by atoms with Crippen molar-refractivity contribution in [3.05, 3.63) is 51.8 Å². The summed E-state index contributed by atoms with van der Waals surface area (Å²) >= 11 is 3.44. The van der Waals surface area contributed by atoms with Crippen LogP contribution in [0.3, 0.4) is 0 Å². The summed E-state index contributed by atoms with van der Waals surface area (Å²) in [6.45, 7) is 6.64. The Kier molecular flexibility index (Phi) is 6.65. The zero-order valence-corrected chi connectivity index (χ0v) is 15.5. The van der Waals surface area contributed by atoms with Crippen LogP contribution in [-0.4, -0.2) is 29.3 Å². The molecule has 2 rings (SSSR count). The maximum atomic E-state index is 4.47. The number of hydrogen-bond acceptors (Lipinski definition) is 2. The summed E-state index contributed by atoms with van der Waals surface area (Å²) in [6, 6.07) is 10.4. The quantitative estimate of drug-likeness (QED) is 0.462. The van der Waals surface area contributed by atoms with Crippen molar-refractivity contribution in [1.82, 2.24) is 20.4 Å². The fraction of sp³-hybridized carbons (Fsp3) is 0.412. The molecule has 0 unspecified atom stereocenters. The molecule has 2 aromatic rings. The minimum Gasteiger partial charge on any atom is -0.356 e. The second-order valence-corrected chi connectivity index (χ2v) is 6.40. The van der Waals surface area contributed by atoms with Crippen LogP contribution >= 0.6 is 15.9 Å². The molecular weight excluding hydrogens is 354 g/mol. The predicted octanol–water partition coefficient (Wildman–Crippen LogP) is 3.02. The van der Waals surface area contributed by atoms with Crippen molar-refractivity contribution in [2.24, 2.45) is 4.99 Å². The van der Waals surface area contributed by atoms with Gasteiger partial charge in [-0.3, -0.25) is 9.67 Å². The number of aryl methyl sites for hydroxylation is 3. The lowest BCUT2D eigenvalue weighted by atomic mass is 10.2. The van der Waals surface area contributed by atoms with Gasteiger partial charge in [0.2, 0.25) is 0 Å². The molecule has 0 bridgehead atoms. The molecule has 0 saturated carbocycles. The first kappa shape index (κ1) is 17.5. The van der Waals surface area contributed by atoms with E-state index in [4.69, 9.17) is 0 Å². The van der Waals surface area contributed by atoms with Gasteiger partial charge in [-0.2, -0.15) is 5.10 Å². The molecule has 0 fully saturated rings. The van der Waals surface area contributed by atoms with Crippen LogP contribution in [0.15, 0.2) is 39.8 Å². The van der Waals surface area contributed by atoms with Crippen molar-refractivity contribution in [2.45, 2.75) is 33.4 Å². The van der Waals surface area contributed by atoms with Crippen LogP contribution in [0.1, 0.15) is 23.4 Å². The van der Waals surface area contributed by atoms with Crippen LogP contribution in [-0.2, 0) is 13.1 Å². The average molecular weight is 378 g/mol. The van der Waals surface area contributed by atoms with Gasteiger partial charge < -0.3 is 10.6 Å². The van der Waals surface area contributed by atoms with Crippen LogP contribution in [0, 0.1) is 13.8 Å². The van der Waals surface area contributed by atoms with E-state index >= 15 is 0 Å². The molecular formula is C17H24BrN5. The van der Waals surface area contributed by atoms with Crippen LogP contribution in [0.2, 0.25) is 0 Å². The maximum absolute atomic E-state index is 4.47. The van der Waals surface area contributed by atoms with E-state index in [9.17, 15) is 0 Å². The molecule has 0 aliphatic rings. The number of aromatic nitrogens is 2. The van der Waals surface area contributed by atoms with E-state index in [1.807, 2.05) is 19.1 Å². The highest BCUT2D eigenvalue weighted by molar-refractivity contribution is 9.10. The van der Waals surface area contributed by atoms with E-state index < -0.39 is 0 Å². The molecule has 5 nitrogen and oxygen atoms in total. The topological polar surface area (TPSA) is 54.2 Å². The molecule has 124 valence electrons. The number of aliphatic imine (C=N–C) groups is 1. The molecule has 1 heterocycles. The Hall–Kier alpha value is -1.82. The van der Waals surface area contributed by atoms with E-state index in [1.165, 1.54) is 11.3 Å². The average Bonchev–Trinajstić information content (AvgIpc) is 2.86. The summed E-state index contributed by atoms with van der Waals surface area (Å²) in [5.74, 6) is 0.821. The number of nitrogens with zero attached hydrogens (tertiary/aromatic N) is 3. The van der Waals surface area contributed by atoms with E-state index in [0.29, 0.717) is 0 Å². The molecule has 0 radical (unpaired) electrons. The van der Waals surface area contributed by atoms with Gasteiger partial charge in [0.25, 0.3) is 0 Å². The van der Waals surface area contributed by atoms with Gasteiger partial charge in [0.1, 0.15) is 0 Å². The van der Waals surface area contributed by atoms with E-state index in [0.717, 1.165) is 42.2 Å². The molecule has 0 aliphatic carbocycles. The molecule has 1 aromatic carbocycles. The molecule has 0 amide bonds. The predicted molar refractivity (Wildman–Crippen MR) is 98.7 cm³/mol. The van der Waals surface area contributed by atoms with Crippen LogP contribution < -0.4 is 10.6 Å². The van der Waals surface area contributed by atoms with Gasteiger partial charge >= 0.3 is 0 Å². The monoisotopic (exact) mass is 377 g/mol. The van der Waals surface area contributed by atoms with Gasteiger partial charge in [-0.05, 0) is 44.0 Å². The van der Waals surface area contributed by atoms with E-state index in [2.05, 4.69) is 66.5 Å². The Labute approximate surface area is 146 Å². The second-order valence-electron chi connectivity index (χ2n) is 5.48. The Balaban J connectivity index is 1.70. The second kappa shape index (κ2) is 8.72. The summed E-state index contributed by atoms with van der Waals surface area (Å²) in [5.41, 5.74) is 3.50. The van der Waals surface area contributed by atoms with Crippen molar-refractivity contribution >= 4 is 21.9 Å². The summed E-state index contributed by atoms with van der Waals surface area (Å²) in [5, 5.41) is 11.1. The van der Waals surface area contributed by atoms with Crippen molar-refractivity contribution < 1.29 is 0 Å². The van der Waals surface area contributed by atoms with Gasteiger partial charge in [-0.25, -0.2) is 0 Å². The fourth-order valence-electron chi connectivity index (χ4n) is 2.35. The minimum absolute atomic E-state index is 0.754. The van der Waals surface area contributed by atoms with Gasteiger partial charge in [0.15, 0.2) is 5.96 Å². The smallest absolute Gasteiger partial charge is 0.191 e. The number of benzene rings is 1. The SMILES string of the molecule is CN=C(NCCCn1nc(C)cc1C)NCc1ccc(Br)cc1. The van der Waals surface area contributed by atoms with Crippen molar-refractivity contribution in [2.75, 3.05) is 13.6 Å². The Bertz CT molecular complexity index is 646. The number of hydrogen-bond donors (Lipinski definition) is 2. The fourth-order valence-corrected chi connectivity index (χ4v) is 2.61. The molecule has 0 atom stereocenters. The largest absolute Gasteiger partial charge is 0.356 e. The lowest BCUT2D eigenvalue weighted by molar-refractivity contribution is 0.555. The van der Waals surface area contributed by atoms with Crippen molar-refractivity contribution in [3.63, 3.8) is 0 Å². The number of guanidine groups is 1. The van der Waals surface area contributed by atoms with Crippen LogP contribution in [0.5, 0.6) is 0 Å². The third-order valence-corrected chi connectivity index (χ3v) is 4.07. The number of rotatable bonds is 6. The molecule has 0 aliphatic heterocycles. The minimum atomic E-state index is 0.754. The highest BCUT2D eigenvalue weighted by Crippen LogP contribution is 2.10. The highest BCUT2D eigenvalue weighted by atomic mass is 79.9. The maximum Gasteiger partial charge on any atom is 0.191 e. The van der Waals surface area contributed by atoms with Gasteiger partial charge in [0.05, 0.1) is 5.69 Å². The number of halogens is 1. The standard InChI is InChI=1S/C17H24BrN5/c1-13-11-14(2)23(22-13)10-4-9-20-17(19-3)21-12-15-5-7-16(18)8-6-15/h5-8,11H,4,9-10,12H2,1-3H3,(H2,19,20,21).